The highest BCUT2D eigenvalue weighted by Crippen LogP contribution is 2.26. The molecular formula is C13H20N2O3. The van der Waals surface area contributed by atoms with Crippen LogP contribution >= 0.6 is 0 Å². The van der Waals surface area contributed by atoms with E-state index in [0.29, 0.717) is 12.6 Å². The van der Waals surface area contributed by atoms with Crippen LogP contribution in [-0.4, -0.2) is 30.0 Å². The minimum Gasteiger partial charge on any atom is -0.376 e. The number of aromatic nitrogens is 1. The van der Waals surface area contributed by atoms with Gasteiger partial charge in [-0.2, -0.15) is 0 Å². The Labute approximate surface area is 107 Å². The number of nitrogens with zero attached hydrogens (tertiary/aromatic N) is 1. The maximum absolute atomic E-state index is 5.70. The number of rotatable bonds is 3. The summed E-state index contributed by atoms with van der Waals surface area (Å²) in [6.45, 7) is 7.15. The summed E-state index contributed by atoms with van der Waals surface area (Å²) in [6, 6.07) is 0.370. The molecule has 0 radical (unpaired) electrons. The van der Waals surface area contributed by atoms with E-state index in [-0.39, 0.29) is 5.60 Å². The Morgan fingerprint density at radius 1 is 1.39 bits per heavy atom. The average Bonchev–Trinajstić information content (AvgIpc) is 2.90. The van der Waals surface area contributed by atoms with E-state index in [1.807, 2.05) is 0 Å². The van der Waals surface area contributed by atoms with Crippen LogP contribution in [0.3, 0.4) is 0 Å². The highest BCUT2D eigenvalue weighted by atomic mass is 16.5. The summed E-state index contributed by atoms with van der Waals surface area (Å²) in [6.07, 6.45) is 1.88. The molecule has 2 aliphatic rings. The second-order valence-electron chi connectivity index (χ2n) is 5.51. The molecule has 0 amide bonds. The Hall–Kier alpha value is -0.910. The molecule has 0 spiro atoms. The lowest BCUT2D eigenvalue weighted by molar-refractivity contribution is 0.0212. The number of hydrogen-bond donors (Lipinski definition) is 1. The van der Waals surface area contributed by atoms with Gasteiger partial charge in [0.15, 0.2) is 0 Å². The topological polar surface area (TPSA) is 56.5 Å². The second-order valence-corrected chi connectivity index (χ2v) is 5.51. The molecule has 0 saturated carbocycles. The molecule has 0 aromatic carbocycles. The summed E-state index contributed by atoms with van der Waals surface area (Å²) in [7, 11) is 0. The first-order valence-electron chi connectivity index (χ1n) is 6.58. The molecule has 3 rings (SSSR count). The van der Waals surface area contributed by atoms with Crippen LogP contribution in [0.4, 0.5) is 0 Å². The number of ether oxygens (including phenoxy) is 2. The van der Waals surface area contributed by atoms with Crippen LogP contribution in [0.15, 0.2) is 4.52 Å². The standard InChI is InChI=1S/C13H20N2O3/c1-13(2)12(4-6-17-13)14-7-10-9-8-16-5-3-11(9)18-15-10/h12,14H,3-8H2,1-2H3/t12-/m0/s1. The van der Waals surface area contributed by atoms with Crippen molar-refractivity contribution in [1.29, 1.82) is 0 Å². The molecule has 1 atom stereocenters. The zero-order valence-corrected chi connectivity index (χ0v) is 11.0. The predicted molar refractivity (Wildman–Crippen MR) is 65.1 cm³/mol. The van der Waals surface area contributed by atoms with Gasteiger partial charge in [0.1, 0.15) is 11.5 Å². The first kappa shape index (κ1) is 12.1. The van der Waals surface area contributed by atoms with Gasteiger partial charge in [0.05, 0.1) is 18.8 Å². The zero-order chi connectivity index (χ0) is 12.6. The molecule has 0 aliphatic carbocycles. The molecule has 2 aliphatic heterocycles. The van der Waals surface area contributed by atoms with Gasteiger partial charge in [0.2, 0.25) is 0 Å². The Bertz CT molecular complexity index is 428. The minimum absolute atomic E-state index is 0.0969. The lowest BCUT2D eigenvalue weighted by Crippen LogP contribution is -2.43. The van der Waals surface area contributed by atoms with Crippen molar-refractivity contribution in [2.45, 2.75) is 51.5 Å². The van der Waals surface area contributed by atoms with Gasteiger partial charge in [0, 0.05) is 31.2 Å². The molecule has 1 saturated heterocycles. The van der Waals surface area contributed by atoms with Crippen LogP contribution in [0, 0.1) is 0 Å². The lowest BCUT2D eigenvalue weighted by Gasteiger charge is -2.26. The third kappa shape index (κ3) is 2.18. The van der Waals surface area contributed by atoms with Crippen molar-refractivity contribution in [3.63, 3.8) is 0 Å². The number of nitrogens with one attached hydrogen (secondary N) is 1. The van der Waals surface area contributed by atoms with Gasteiger partial charge in [-0.3, -0.25) is 0 Å². The summed E-state index contributed by atoms with van der Waals surface area (Å²) >= 11 is 0. The maximum atomic E-state index is 5.70. The summed E-state index contributed by atoms with van der Waals surface area (Å²) in [5.74, 6) is 0.986. The highest BCUT2D eigenvalue weighted by molar-refractivity contribution is 5.23. The number of fused-ring (bicyclic) bond motifs is 1. The van der Waals surface area contributed by atoms with Crippen LogP contribution in [0.1, 0.15) is 37.3 Å². The fourth-order valence-corrected chi connectivity index (χ4v) is 2.68. The predicted octanol–water partition coefficient (Wildman–Crippen LogP) is 1.40. The molecular weight excluding hydrogens is 232 g/mol. The van der Waals surface area contributed by atoms with Gasteiger partial charge in [-0.25, -0.2) is 0 Å². The molecule has 0 bridgehead atoms. The van der Waals surface area contributed by atoms with Gasteiger partial charge < -0.3 is 19.3 Å². The fourth-order valence-electron chi connectivity index (χ4n) is 2.68. The van der Waals surface area contributed by atoms with Crippen LogP contribution in [0.25, 0.3) is 0 Å². The van der Waals surface area contributed by atoms with Crippen LogP contribution in [0.5, 0.6) is 0 Å². The molecule has 0 unspecified atom stereocenters. The molecule has 3 heterocycles. The van der Waals surface area contributed by atoms with Crippen molar-refractivity contribution in [1.82, 2.24) is 10.5 Å². The van der Waals surface area contributed by atoms with Crippen LogP contribution in [0.2, 0.25) is 0 Å². The second kappa shape index (κ2) is 4.64. The largest absolute Gasteiger partial charge is 0.376 e. The molecule has 100 valence electrons. The van der Waals surface area contributed by atoms with Crippen molar-refractivity contribution in [2.24, 2.45) is 0 Å². The average molecular weight is 252 g/mol. The van der Waals surface area contributed by atoms with Crippen molar-refractivity contribution in [3.05, 3.63) is 17.0 Å². The van der Waals surface area contributed by atoms with E-state index in [2.05, 4.69) is 24.3 Å². The molecule has 5 heteroatoms. The van der Waals surface area contributed by atoms with E-state index in [1.54, 1.807) is 0 Å². The third-order valence-electron chi connectivity index (χ3n) is 3.91. The molecule has 1 fully saturated rings. The summed E-state index contributed by atoms with van der Waals surface area (Å²) < 4.78 is 16.5. The Kier molecular flexibility index (Phi) is 3.13. The van der Waals surface area contributed by atoms with Crippen molar-refractivity contribution >= 4 is 0 Å². The molecule has 1 aromatic rings. The Balaban J connectivity index is 1.65. The number of hydrogen-bond acceptors (Lipinski definition) is 5. The highest BCUT2D eigenvalue weighted by Gasteiger charge is 2.35. The minimum atomic E-state index is -0.0969. The van der Waals surface area contributed by atoms with Gasteiger partial charge in [-0.1, -0.05) is 5.16 Å². The molecule has 1 N–H and O–H groups in total. The Morgan fingerprint density at radius 3 is 3.06 bits per heavy atom. The third-order valence-corrected chi connectivity index (χ3v) is 3.91. The monoisotopic (exact) mass is 252 g/mol. The van der Waals surface area contributed by atoms with E-state index >= 15 is 0 Å². The zero-order valence-electron chi connectivity index (χ0n) is 11.0. The molecule has 5 nitrogen and oxygen atoms in total. The van der Waals surface area contributed by atoms with Gasteiger partial charge in [0.25, 0.3) is 0 Å². The van der Waals surface area contributed by atoms with Gasteiger partial charge >= 0.3 is 0 Å². The fraction of sp³-hybridized carbons (Fsp3) is 0.769. The molecule has 18 heavy (non-hydrogen) atoms. The van der Waals surface area contributed by atoms with Crippen LogP contribution in [-0.2, 0) is 29.0 Å². The normalized spacial score (nSPS) is 26.2. The van der Waals surface area contributed by atoms with E-state index in [0.717, 1.165) is 49.6 Å². The van der Waals surface area contributed by atoms with E-state index in [9.17, 15) is 0 Å². The van der Waals surface area contributed by atoms with Crippen molar-refractivity contribution < 1.29 is 14.0 Å². The van der Waals surface area contributed by atoms with Crippen LogP contribution < -0.4 is 5.32 Å². The van der Waals surface area contributed by atoms with E-state index < -0.39 is 0 Å². The lowest BCUT2D eigenvalue weighted by atomic mass is 9.99. The van der Waals surface area contributed by atoms with Gasteiger partial charge in [-0.15, -0.1) is 0 Å². The first-order chi connectivity index (χ1) is 8.67. The van der Waals surface area contributed by atoms with E-state index in [4.69, 9.17) is 14.0 Å². The summed E-state index contributed by atoms with van der Waals surface area (Å²) in [5, 5.41) is 7.67. The summed E-state index contributed by atoms with van der Waals surface area (Å²) in [5.41, 5.74) is 2.01. The maximum Gasteiger partial charge on any atom is 0.144 e. The Morgan fingerprint density at radius 2 is 2.28 bits per heavy atom. The van der Waals surface area contributed by atoms with Crippen molar-refractivity contribution in [2.75, 3.05) is 13.2 Å². The van der Waals surface area contributed by atoms with E-state index in [1.165, 1.54) is 0 Å². The first-order valence-corrected chi connectivity index (χ1v) is 6.58. The van der Waals surface area contributed by atoms with Crippen molar-refractivity contribution in [3.8, 4) is 0 Å². The summed E-state index contributed by atoms with van der Waals surface area (Å²) in [4.78, 5) is 0. The smallest absolute Gasteiger partial charge is 0.144 e. The van der Waals surface area contributed by atoms with Gasteiger partial charge in [-0.05, 0) is 20.3 Å². The quantitative estimate of drug-likeness (QED) is 0.881. The SMILES string of the molecule is CC1(C)OCC[C@@H]1NCc1noc2c1COCC2. The molecule has 1 aromatic heterocycles.